The first-order chi connectivity index (χ1) is 13.6. The third kappa shape index (κ3) is 7.11. The highest BCUT2D eigenvalue weighted by molar-refractivity contribution is 5.89. The molecule has 0 heterocycles. The standard InChI is InChI=1S/C23H24O5/c1-3-22(24)28-17-5-4-16-27-21-14-10-19(11-15-21)7-6-18-8-12-20(13-9-18)23(25)26-2/h3,6-15H,1,4-5,16-17H2,2H3/b7-6+. The monoisotopic (exact) mass is 380 g/mol. The van der Waals surface area contributed by atoms with Crippen molar-refractivity contribution in [2.45, 2.75) is 12.8 Å². The predicted molar refractivity (Wildman–Crippen MR) is 109 cm³/mol. The van der Waals surface area contributed by atoms with Crippen LogP contribution >= 0.6 is 0 Å². The van der Waals surface area contributed by atoms with Crippen LogP contribution in [-0.4, -0.2) is 32.3 Å². The molecule has 0 atom stereocenters. The van der Waals surface area contributed by atoms with Crippen molar-refractivity contribution < 1.29 is 23.8 Å². The Hall–Kier alpha value is -3.34. The Morgan fingerprint density at radius 2 is 1.46 bits per heavy atom. The summed E-state index contributed by atoms with van der Waals surface area (Å²) in [5.41, 5.74) is 2.56. The van der Waals surface area contributed by atoms with E-state index in [0.29, 0.717) is 18.8 Å². The molecule has 2 aromatic rings. The van der Waals surface area contributed by atoms with Gasteiger partial charge in [-0.2, -0.15) is 0 Å². The molecule has 2 rings (SSSR count). The molecule has 0 saturated heterocycles. The maximum Gasteiger partial charge on any atom is 0.337 e. The van der Waals surface area contributed by atoms with Gasteiger partial charge < -0.3 is 14.2 Å². The van der Waals surface area contributed by atoms with E-state index >= 15 is 0 Å². The number of unbranched alkanes of at least 4 members (excludes halogenated alkanes) is 1. The van der Waals surface area contributed by atoms with Gasteiger partial charge in [-0.1, -0.05) is 43.0 Å². The van der Waals surface area contributed by atoms with E-state index in [9.17, 15) is 9.59 Å². The van der Waals surface area contributed by atoms with Crippen LogP contribution in [0.4, 0.5) is 0 Å². The van der Waals surface area contributed by atoms with Gasteiger partial charge in [0.1, 0.15) is 5.75 Å². The normalized spacial score (nSPS) is 10.5. The van der Waals surface area contributed by atoms with E-state index in [1.807, 2.05) is 48.6 Å². The van der Waals surface area contributed by atoms with Crippen molar-refractivity contribution in [1.29, 1.82) is 0 Å². The predicted octanol–water partition coefficient (Wildman–Crippen LogP) is 4.53. The first kappa shape index (κ1) is 21.0. The average Bonchev–Trinajstić information content (AvgIpc) is 2.75. The van der Waals surface area contributed by atoms with E-state index in [2.05, 4.69) is 11.3 Å². The van der Waals surface area contributed by atoms with Crippen LogP contribution in [0.3, 0.4) is 0 Å². The third-order valence-electron chi connectivity index (χ3n) is 3.90. The smallest absolute Gasteiger partial charge is 0.337 e. The molecule has 0 saturated carbocycles. The zero-order chi connectivity index (χ0) is 20.2. The van der Waals surface area contributed by atoms with Gasteiger partial charge in [0.25, 0.3) is 0 Å². The molecule has 0 aliphatic heterocycles. The molecule has 5 nitrogen and oxygen atoms in total. The first-order valence-corrected chi connectivity index (χ1v) is 9.01. The fourth-order valence-corrected chi connectivity index (χ4v) is 2.34. The quantitative estimate of drug-likeness (QED) is 0.262. The van der Waals surface area contributed by atoms with Gasteiger partial charge in [-0.05, 0) is 48.2 Å². The van der Waals surface area contributed by atoms with Crippen molar-refractivity contribution >= 4 is 24.1 Å². The lowest BCUT2D eigenvalue weighted by Gasteiger charge is -2.06. The Morgan fingerprint density at radius 3 is 2.04 bits per heavy atom. The largest absolute Gasteiger partial charge is 0.494 e. The highest BCUT2D eigenvalue weighted by Gasteiger charge is 2.03. The van der Waals surface area contributed by atoms with Gasteiger partial charge in [-0.3, -0.25) is 0 Å². The minimum absolute atomic E-state index is 0.344. The van der Waals surface area contributed by atoms with Gasteiger partial charge >= 0.3 is 11.9 Å². The van der Waals surface area contributed by atoms with Crippen LogP contribution < -0.4 is 4.74 Å². The topological polar surface area (TPSA) is 61.8 Å². The van der Waals surface area contributed by atoms with Crippen LogP contribution in [0, 0.1) is 0 Å². The van der Waals surface area contributed by atoms with Crippen molar-refractivity contribution in [1.82, 2.24) is 0 Å². The van der Waals surface area contributed by atoms with Crippen molar-refractivity contribution in [2.75, 3.05) is 20.3 Å². The second-order valence-electron chi connectivity index (χ2n) is 5.94. The molecular weight excluding hydrogens is 356 g/mol. The first-order valence-electron chi connectivity index (χ1n) is 9.01. The molecule has 28 heavy (non-hydrogen) atoms. The zero-order valence-electron chi connectivity index (χ0n) is 15.9. The number of rotatable bonds is 10. The summed E-state index contributed by atoms with van der Waals surface area (Å²) in [5, 5.41) is 0. The minimum Gasteiger partial charge on any atom is -0.494 e. The van der Waals surface area contributed by atoms with Gasteiger partial charge in [-0.25, -0.2) is 9.59 Å². The number of benzene rings is 2. The van der Waals surface area contributed by atoms with E-state index in [1.165, 1.54) is 7.11 Å². The molecule has 0 bridgehead atoms. The van der Waals surface area contributed by atoms with Crippen LogP contribution in [0.15, 0.2) is 61.2 Å². The van der Waals surface area contributed by atoms with Crippen LogP contribution in [0.2, 0.25) is 0 Å². The molecule has 0 radical (unpaired) electrons. The highest BCUT2D eigenvalue weighted by atomic mass is 16.5. The molecule has 5 heteroatoms. The molecule has 0 aliphatic carbocycles. The van der Waals surface area contributed by atoms with Crippen LogP contribution in [0.1, 0.15) is 34.3 Å². The van der Waals surface area contributed by atoms with E-state index in [1.54, 1.807) is 12.1 Å². The van der Waals surface area contributed by atoms with Crippen LogP contribution in [0.25, 0.3) is 12.2 Å². The number of hydrogen-bond acceptors (Lipinski definition) is 5. The van der Waals surface area contributed by atoms with Crippen molar-refractivity contribution in [3.05, 3.63) is 77.9 Å². The molecule has 2 aromatic carbocycles. The van der Waals surface area contributed by atoms with Gasteiger partial charge in [0.05, 0.1) is 25.9 Å². The summed E-state index contributed by atoms with van der Waals surface area (Å²) >= 11 is 0. The van der Waals surface area contributed by atoms with E-state index in [0.717, 1.165) is 35.8 Å². The zero-order valence-corrected chi connectivity index (χ0v) is 15.9. The maximum absolute atomic E-state index is 11.4. The minimum atomic E-state index is -0.399. The lowest BCUT2D eigenvalue weighted by molar-refractivity contribution is -0.137. The number of carbonyl (C=O) groups is 2. The van der Waals surface area contributed by atoms with Gasteiger partial charge in [0.2, 0.25) is 0 Å². The molecule has 0 aliphatic rings. The van der Waals surface area contributed by atoms with E-state index < -0.39 is 5.97 Å². The fourth-order valence-electron chi connectivity index (χ4n) is 2.34. The summed E-state index contributed by atoms with van der Waals surface area (Å²) in [6.45, 7) is 4.28. The maximum atomic E-state index is 11.4. The molecule has 0 amide bonds. The second-order valence-corrected chi connectivity index (χ2v) is 5.94. The van der Waals surface area contributed by atoms with E-state index in [4.69, 9.17) is 9.47 Å². The number of hydrogen-bond donors (Lipinski definition) is 0. The molecule has 0 aromatic heterocycles. The number of methoxy groups -OCH3 is 1. The molecule has 0 unspecified atom stereocenters. The van der Waals surface area contributed by atoms with Crippen LogP contribution in [0.5, 0.6) is 5.75 Å². The van der Waals surface area contributed by atoms with Crippen molar-refractivity contribution in [3.8, 4) is 5.75 Å². The molecule has 0 N–H and O–H groups in total. The molecule has 146 valence electrons. The average molecular weight is 380 g/mol. The van der Waals surface area contributed by atoms with E-state index in [-0.39, 0.29) is 5.97 Å². The van der Waals surface area contributed by atoms with Crippen LogP contribution in [-0.2, 0) is 14.3 Å². The summed E-state index contributed by atoms with van der Waals surface area (Å²) in [6.07, 6.45) is 6.67. The third-order valence-corrected chi connectivity index (χ3v) is 3.90. The summed E-state index contributed by atoms with van der Waals surface area (Å²) < 4.78 is 15.3. The highest BCUT2D eigenvalue weighted by Crippen LogP contribution is 2.15. The Kier molecular flexibility index (Phi) is 8.53. The molecular formula is C23H24O5. The fraction of sp³-hybridized carbons (Fsp3) is 0.217. The summed E-state index contributed by atoms with van der Waals surface area (Å²) in [4.78, 5) is 22.3. The number of esters is 2. The van der Waals surface area contributed by atoms with Crippen molar-refractivity contribution in [3.63, 3.8) is 0 Å². The second kappa shape index (κ2) is 11.4. The van der Waals surface area contributed by atoms with Crippen molar-refractivity contribution in [2.24, 2.45) is 0 Å². The van der Waals surface area contributed by atoms with Gasteiger partial charge in [0, 0.05) is 6.08 Å². The van der Waals surface area contributed by atoms with Gasteiger partial charge in [0.15, 0.2) is 0 Å². The Labute approximate surface area is 165 Å². The molecule has 0 fully saturated rings. The number of ether oxygens (including phenoxy) is 3. The molecule has 0 spiro atoms. The summed E-state index contributed by atoms with van der Waals surface area (Å²) in [7, 11) is 1.37. The summed E-state index contributed by atoms with van der Waals surface area (Å²) in [5.74, 6) is 0.0514. The lowest BCUT2D eigenvalue weighted by atomic mass is 10.1. The Morgan fingerprint density at radius 1 is 0.893 bits per heavy atom. The van der Waals surface area contributed by atoms with Gasteiger partial charge in [-0.15, -0.1) is 0 Å². The number of carbonyl (C=O) groups excluding carboxylic acids is 2. The lowest BCUT2D eigenvalue weighted by Crippen LogP contribution is -2.04. The summed E-state index contributed by atoms with van der Waals surface area (Å²) in [6, 6.07) is 15.0. The Balaban J connectivity index is 1.76. The SMILES string of the molecule is C=CC(=O)OCCCCOc1ccc(/C=C/c2ccc(C(=O)OC)cc2)cc1. The Bertz CT molecular complexity index is 804.